The normalized spacial score (nSPS) is 22.9. The van der Waals surface area contributed by atoms with Gasteiger partial charge in [0, 0.05) is 23.8 Å². The molecule has 0 atom stereocenters. The maximum Gasteiger partial charge on any atom is 0.240 e. The number of nitrogens with zero attached hydrogens (tertiary/aromatic N) is 1. The van der Waals surface area contributed by atoms with Crippen LogP contribution < -0.4 is 4.72 Å². The van der Waals surface area contributed by atoms with E-state index in [1.807, 2.05) is 6.92 Å². The Morgan fingerprint density at radius 1 is 1.19 bits per heavy atom. The highest BCUT2D eigenvalue weighted by molar-refractivity contribution is 7.89. The van der Waals surface area contributed by atoms with Gasteiger partial charge in [0.05, 0.1) is 4.90 Å². The molecule has 1 aromatic rings. The van der Waals surface area contributed by atoms with Gasteiger partial charge in [-0.1, -0.05) is 19.1 Å². The van der Waals surface area contributed by atoms with E-state index < -0.39 is 16.1 Å². The molecule has 6 nitrogen and oxygen atoms in total. The summed E-state index contributed by atoms with van der Waals surface area (Å²) in [5.74, 6) is 0. The molecule has 0 saturated heterocycles. The molecule has 21 heavy (non-hydrogen) atoms. The molecule has 7 heteroatoms. The third kappa shape index (κ3) is 4.01. The number of hydrogen-bond donors (Lipinski definition) is 1. The fraction of sp³-hybridized carbons (Fsp3) is 0.571. The molecule has 1 N–H and O–H groups in total. The van der Waals surface area contributed by atoms with Crippen LogP contribution in [0.15, 0.2) is 29.2 Å². The van der Waals surface area contributed by atoms with E-state index in [0.29, 0.717) is 25.7 Å². The van der Waals surface area contributed by atoms with Crippen molar-refractivity contribution >= 4 is 10.0 Å². The lowest BCUT2D eigenvalue weighted by molar-refractivity contribution is -0.526. The fourth-order valence-corrected chi connectivity index (χ4v) is 3.90. The second-order valence-corrected chi connectivity index (χ2v) is 7.12. The van der Waals surface area contributed by atoms with Crippen molar-refractivity contribution in [3.8, 4) is 0 Å². The highest BCUT2D eigenvalue weighted by atomic mass is 32.2. The average molecular weight is 312 g/mol. The van der Waals surface area contributed by atoms with Crippen LogP contribution in [0.25, 0.3) is 0 Å². The quantitative estimate of drug-likeness (QED) is 0.666. The molecule has 0 aromatic heterocycles. The lowest BCUT2D eigenvalue weighted by Gasteiger charge is -2.24. The minimum absolute atomic E-state index is 0.211. The predicted octanol–water partition coefficient (Wildman–Crippen LogP) is 2.12. The van der Waals surface area contributed by atoms with Crippen molar-refractivity contribution in [1.29, 1.82) is 0 Å². The van der Waals surface area contributed by atoms with E-state index in [0.717, 1.165) is 12.0 Å². The number of benzene rings is 1. The van der Waals surface area contributed by atoms with Crippen LogP contribution in [0.3, 0.4) is 0 Å². The molecule has 0 bridgehead atoms. The maximum absolute atomic E-state index is 12.3. The van der Waals surface area contributed by atoms with E-state index in [1.54, 1.807) is 24.3 Å². The Morgan fingerprint density at radius 3 is 2.24 bits per heavy atom. The van der Waals surface area contributed by atoms with Crippen LogP contribution in [0.2, 0.25) is 0 Å². The van der Waals surface area contributed by atoms with E-state index in [9.17, 15) is 18.5 Å². The van der Waals surface area contributed by atoms with Gasteiger partial charge < -0.3 is 0 Å². The molecule has 1 saturated carbocycles. The molecule has 0 amide bonds. The van der Waals surface area contributed by atoms with Gasteiger partial charge in [-0.2, -0.15) is 0 Å². The van der Waals surface area contributed by atoms with Crippen LogP contribution in [0.4, 0.5) is 0 Å². The number of nitrogens with one attached hydrogen (secondary N) is 1. The van der Waals surface area contributed by atoms with Crippen LogP contribution in [-0.4, -0.2) is 25.4 Å². The molecular weight excluding hydrogens is 292 g/mol. The van der Waals surface area contributed by atoms with Gasteiger partial charge in [0.1, 0.15) is 0 Å². The van der Waals surface area contributed by atoms with Crippen molar-refractivity contribution in [1.82, 2.24) is 4.72 Å². The topological polar surface area (TPSA) is 89.3 Å². The molecule has 0 heterocycles. The monoisotopic (exact) mass is 312 g/mol. The number of hydrogen-bond acceptors (Lipinski definition) is 4. The summed E-state index contributed by atoms with van der Waals surface area (Å²) in [6.45, 7) is 2.01. The van der Waals surface area contributed by atoms with E-state index in [4.69, 9.17) is 0 Å². The first-order valence-corrected chi connectivity index (χ1v) is 8.65. The molecule has 0 aliphatic heterocycles. The van der Waals surface area contributed by atoms with Gasteiger partial charge in [-0.25, -0.2) is 13.1 Å². The first-order chi connectivity index (χ1) is 9.92. The van der Waals surface area contributed by atoms with E-state index >= 15 is 0 Å². The van der Waals surface area contributed by atoms with Crippen LogP contribution in [-0.2, 0) is 16.4 Å². The molecule has 1 aliphatic carbocycles. The fourth-order valence-electron chi connectivity index (χ4n) is 2.60. The van der Waals surface area contributed by atoms with Crippen molar-refractivity contribution in [2.24, 2.45) is 0 Å². The molecular formula is C14H20N2O4S. The lowest BCUT2D eigenvalue weighted by Crippen LogP contribution is -2.40. The molecule has 1 fully saturated rings. The number of sulfonamides is 1. The number of rotatable bonds is 5. The molecule has 0 spiro atoms. The third-order valence-corrected chi connectivity index (χ3v) is 5.49. The largest absolute Gasteiger partial charge is 0.264 e. The second-order valence-electron chi connectivity index (χ2n) is 5.41. The number of aryl methyl sites for hydroxylation is 1. The van der Waals surface area contributed by atoms with Crippen LogP contribution >= 0.6 is 0 Å². The van der Waals surface area contributed by atoms with Gasteiger partial charge >= 0.3 is 0 Å². The maximum atomic E-state index is 12.3. The third-order valence-electron chi connectivity index (χ3n) is 3.96. The summed E-state index contributed by atoms with van der Waals surface area (Å²) in [6, 6.07) is 6.07. The van der Waals surface area contributed by atoms with E-state index in [2.05, 4.69) is 4.72 Å². The summed E-state index contributed by atoms with van der Waals surface area (Å²) in [7, 11) is -3.54. The van der Waals surface area contributed by atoms with Gasteiger partial charge in [-0.15, -0.1) is 0 Å². The van der Waals surface area contributed by atoms with E-state index in [1.165, 1.54) is 0 Å². The Labute approximate surface area is 124 Å². The summed E-state index contributed by atoms with van der Waals surface area (Å²) < 4.78 is 27.2. The Bertz CT molecular complexity index is 590. The summed E-state index contributed by atoms with van der Waals surface area (Å²) in [4.78, 5) is 10.7. The average Bonchev–Trinajstić information content (AvgIpc) is 2.47. The van der Waals surface area contributed by atoms with Gasteiger partial charge in [0.15, 0.2) is 0 Å². The standard InChI is InChI=1S/C14H20N2O4S/c1-2-11-3-9-14(10-4-11)21(19,20)15-12-5-7-13(8-6-12)16(17)18/h3-4,9-10,12-13,15H,2,5-8H2,1H3. The van der Waals surface area contributed by atoms with Gasteiger partial charge in [0.25, 0.3) is 0 Å². The molecule has 2 rings (SSSR count). The smallest absolute Gasteiger partial charge is 0.240 e. The first-order valence-electron chi connectivity index (χ1n) is 7.17. The lowest BCUT2D eigenvalue weighted by atomic mass is 9.92. The SMILES string of the molecule is CCc1ccc(S(=O)(=O)NC2CCC([N+](=O)[O-])CC2)cc1. The summed E-state index contributed by atoms with van der Waals surface area (Å²) in [5.41, 5.74) is 1.08. The molecule has 0 radical (unpaired) electrons. The minimum Gasteiger partial charge on any atom is -0.264 e. The van der Waals surface area contributed by atoms with Crippen molar-refractivity contribution in [3.63, 3.8) is 0 Å². The minimum atomic E-state index is -3.54. The molecule has 1 aromatic carbocycles. The molecule has 0 unspecified atom stereocenters. The second kappa shape index (κ2) is 6.53. The van der Waals surface area contributed by atoms with Crippen LogP contribution in [0.1, 0.15) is 38.2 Å². The number of nitro groups is 1. The van der Waals surface area contributed by atoms with Crippen molar-refractivity contribution in [2.45, 2.75) is 56.0 Å². The van der Waals surface area contributed by atoms with Crippen LogP contribution in [0.5, 0.6) is 0 Å². The Kier molecular flexibility index (Phi) is 4.95. The van der Waals surface area contributed by atoms with Crippen molar-refractivity contribution in [3.05, 3.63) is 39.9 Å². The Balaban J connectivity index is 1.99. The zero-order valence-electron chi connectivity index (χ0n) is 12.0. The Hall–Kier alpha value is -1.47. The van der Waals surface area contributed by atoms with Gasteiger partial charge in [-0.3, -0.25) is 10.1 Å². The molecule has 116 valence electrons. The summed E-state index contributed by atoms with van der Waals surface area (Å²) in [5, 5.41) is 10.7. The zero-order valence-corrected chi connectivity index (χ0v) is 12.8. The first kappa shape index (κ1) is 15.9. The molecule has 1 aliphatic rings. The Morgan fingerprint density at radius 2 is 1.76 bits per heavy atom. The van der Waals surface area contributed by atoms with Crippen molar-refractivity contribution in [2.75, 3.05) is 0 Å². The van der Waals surface area contributed by atoms with Crippen LogP contribution in [0, 0.1) is 10.1 Å². The van der Waals surface area contributed by atoms with E-state index in [-0.39, 0.29) is 15.9 Å². The zero-order chi connectivity index (χ0) is 15.5. The van der Waals surface area contributed by atoms with Gasteiger partial charge in [0.2, 0.25) is 16.1 Å². The van der Waals surface area contributed by atoms with Crippen molar-refractivity contribution < 1.29 is 13.3 Å². The summed E-state index contributed by atoms with van der Waals surface area (Å²) >= 11 is 0. The highest BCUT2D eigenvalue weighted by Crippen LogP contribution is 2.22. The van der Waals surface area contributed by atoms with Gasteiger partial charge in [-0.05, 0) is 37.0 Å². The predicted molar refractivity (Wildman–Crippen MR) is 79.2 cm³/mol. The summed E-state index contributed by atoms with van der Waals surface area (Å²) in [6.07, 6.45) is 2.73. The highest BCUT2D eigenvalue weighted by Gasteiger charge is 2.30.